The van der Waals surface area contributed by atoms with Gasteiger partial charge in [-0.05, 0) is 11.8 Å². The number of rotatable bonds is 0. The van der Waals surface area contributed by atoms with E-state index in [4.69, 9.17) is 0 Å². The molecule has 56 valence electrons. The van der Waals surface area contributed by atoms with Crippen LogP contribution < -0.4 is 5.32 Å². The summed E-state index contributed by atoms with van der Waals surface area (Å²) in [6.07, 6.45) is 0. The van der Waals surface area contributed by atoms with E-state index in [1.807, 2.05) is 13.8 Å². The van der Waals surface area contributed by atoms with Gasteiger partial charge in [-0.1, -0.05) is 20.4 Å². The molecule has 0 atom stereocenters. The summed E-state index contributed by atoms with van der Waals surface area (Å²) < 4.78 is 0. The molecule has 0 aromatic heterocycles. The van der Waals surface area contributed by atoms with Crippen LogP contribution in [0.5, 0.6) is 0 Å². The number of thioether (sulfide) groups is 1. The first-order valence-electron chi connectivity index (χ1n) is 2.92. The summed E-state index contributed by atoms with van der Waals surface area (Å²) in [6.45, 7) is 7.32. The maximum absolute atomic E-state index is 10.3. The van der Waals surface area contributed by atoms with Crippen LogP contribution in [0, 0.1) is 0 Å². The van der Waals surface area contributed by atoms with Crippen molar-refractivity contribution >= 4 is 22.9 Å². The Morgan fingerprint density at radius 3 is 2.00 bits per heavy atom. The van der Waals surface area contributed by atoms with Gasteiger partial charge in [-0.2, -0.15) is 0 Å². The van der Waals surface area contributed by atoms with Crippen LogP contribution in [0.4, 0.5) is 4.79 Å². The van der Waals surface area contributed by atoms with Crippen LogP contribution in [-0.2, 0) is 4.79 Å². The lowest BCUT2D eigenvalue weighted by Crippen LogP contribution is -2.17. The molecule has 1 aliphatic heterocycles. The highest BCUT2D eigenvalue weighted by atomic mass is 32.2. The smallest absolute Gasteiger partial charge is 0.282 e. The number of hydrogen-bond donors (Lipinski definition) is 1. The lowest BCUT2D eigenvalue weighted by molar-refractivity contribution is -0.115. The van der Waals surface area contributed by atoms with Crippen LogP contribution in [-0.4, -0.2) is 11.1 Å². The molecule has 0 aliphatic carbocycles. The summed E-state index contributed by atoms with van der Waals surface area (Å²) in [5, 5.41) is 1.72. The van der Waals surface area contributed by atoms with Crippen molar-refractivity contribution in [1.82, 2.24) is 5.32 Å². The second kappa shape index (κ2) is 4.11. The van der Waals surface area contributed by atoms with Crippen molar-refractivity contribution in [2.75, 3.05) is 0 Å². The van der Waals surface area contributed by atoms with Gasteiger partial charge < -0.3 is 0 Å². The van der Waals surface area contributed by atoms with E-state index in [1.165, 1.54) is 0 Å². The molecule has 0 bridgehead atoms. The Bertz CT molecular complexity index is 159. The summed E-state index contributed by atoms with van der Waals surface area (Å²) in [5.41, 5.74) is 0. The first-order valence-corrected chi connectivity index (χ1v) is 3.74. The van der Waals surface area contributed by atoms with Gasteiger partial charge in [-0.3, -0.25) is 14.9 Å². The highest BCUT2D eigenvalue weighted by Crippen LogP contribution is 2.19. The summed E-state index contributed by atoms with van der Waals surface area (Å²) >= 11 is 0.834. The summed E-state index contributed by atoms with van der Waals surface area (Å²) in [4.78, 5) is 20.8. The second-order valence-electron chi connectivity index (χ2n) is 1.27. The molecule has 0 radical (unpaired) electrons. The average Bonchev–Trinajstić information content (AvgIpc) is 2.16. The molecule has 0 saturated carbocycles. The number of amides is 2. The van der Waals surface area contributed by atoms with Crippen molar-refractivity contribution in [3.8, 4) is 0 Å². The van der Waals surface area contributed by atoms with Gasteiger partial charge in [0.2, 0.25) is 0 Å². The van der Waals surface area contributed by atoms with Crippen LogP contribution in [0.2, 0.25) is 0 Å². The predicted molar refractivity (Wildman–Crippen MR) is 41.6 cm³/mol. The van der Waals surface area contributed by atoms with E-state index in [-0.39, 0.29) is 16.1 Å². The highest BCUT2D eigenvalue weighted by molar-refractivity contribution is 8.18. The van der Waals surface area contributed by atoms with Gasteiger partial charge in [0, 0.05) is 0 Å². The molecule has 0 unspecified atom stereocenters. The lowest BCUT2D eigenvalue weighted by atomic mass is 10.6. The van der Waals surface area contributed by atoms with Gasteiger partial charge in [0.05, 0.1) is 4.91 Å². The minimum atomic E-state index is -0.375. The highest BCUT2D eigenvalue weighted by Gasteiger charge is 2.22. The van der Waals surface area contributed by atoms with Crippen LogP contribution in [0.15, 0.2) is 11.5 Å². The van der Waals surface area contributed by atoms with E-state index in [1.54, 1.807) is 0 Å². The lowest BCUT2D eigenvalue weighted by Gasteiger charge is -1.78. The van der Waals surface area contributed by atoms with Gasteiger partial charge in [0.15, 0.2) is 0 Å². The first-order chi connectivity index (χ1) is 4.70. The van der Waals surface area contributed by atoms with Gasteiger partial charge in [0.25, 0.3) is 11.1 Å². The van der Waals surface area contributed by atoms with E-state index >= 15 is 0 Å². The Hall–Kier alpha value is -0.770. The zero-order chi connectivity index (χ0) is 8.15. The molecule has 0 spiro atoms. The molecule has 1 fully saturated rings. The minimum Gasteiger partial charge on any atom is -0.282 e. The van der Waals surface area contributed by atoms with Crippen LogP contribution in [0.25, 0.3) is 0 Å². The molecule has 4 heteroatoms. The molecule has 3 nitrogen and oxygen atoms in total. The fraction of sp³-hybridized carbons (Fsp3) is 0.333. The molecule has 0 aromatic rings. The molecule has 2 amide bonds. The van der Waals surface area contributed by atoms with E-state index in [0.29, 0.717) is 0 Å². The van der Waals surface area contributed by atoms with Crippen molar-refractivity contribution in [1.29, 1.82) is 0 Å². The zero-order valence-corrected chi connectivity index (χ0v) is 6.75. The summed E-state index contributed by atoms with van der Waals surface area (Å²) in [6, 6.07) is 0. The first kappa shape index (κ1) is 9.23. The van der Waals surface area contributed by atoms with Gasteiger partial charge >= 0.3 is 0 Å². The maximum Gasteiger partial charge on any atom is 0.290 e. The van der Waals surface area contributed by atoms with E-state index in [0.717, 1.165) is 11.8 Å². The van der Waals surface area contributed by atoms with Crippen molar-refractivity contribution in [3.63, 3.8) is 0 Å². The maximum atomic E-state index is 10.3. The Morgan fingerprint density at radius 1 is 1.40 bits per heavy atom. The normalized spacial score (nSPS) is 16.0. The molecule has 10 heavy (non-hydrogen) atoms. The minimum absolute atomic E-state index is 0.273. The quantitative estimate of drug-likeness (QED) is 0.545. The van der Waals surface area contributed by atoms with Gasteiger partial charge in [-0.25, -0.2) is 0 Å². The summed E-state index contributed by atoms with van der Waals surface area (Å²) in [5.74, 6) is -0.375. The third-order valence-electron chi connectivity index (χ3n) is 0.685. The Morgan fingerprint density at radius 2 is 1.90 bits per heavy atom. The molecule has 1 heterocycles. The van der Waals surface area contributed by atoms with Gasteiger partial charge in [-0.15, -0.1) is 0 Å². The number of hydrogen-bond acceptors (Lipinski definition) is 3. The third kappa shape index (κ3) is 2.23. The Labute approximate surface area is 63.9 Å². The largest absolute Gasteiger partial charge is 0.290 e. The average molecular weight is 159 g/mol. The predicted octanol–water partition coefficient (Wildman–Crippen LogP) is 1.51. The topological polar surface area (TPSA) is 46.2 Å². The second-order valence-corrected chi connectivity index (χ2v) is 2.33. The van der Waals surface area contributed by atoms with Crippen LogP contribution in [0.3, 0.4) is 0 Å². The third-order valence-corrected chi connectivity index (χ3v) is 1.40. The molecule has 1 aliphatic rings. The van der Waals surface area contributed by atoms with Crippen molar-refractivity contribution in [3.05, 3.63) is 11.5 Å². The van der Waals surface area contributed by atoms with Crippen molar-refractivity contribution < 1.29 is 9.59 Å². The fourth-order valence-electron chi connectivity index (χ4n) is 0.346. The van der Waals surface area contributed by atoms with Crippen LogP contribution in [0.1, 0.15) is 13.8 Å². The number of imide groups is 1. The SMILES string of the molecule is C=C1SC(=O)NC1=O.CC. The molecule has 0 aromatic carbocycles. The fourth-order valence-corrected chi connectivity index (χ4v) is 0.857. The van der Waals surface area contributed by atoms with Crippen LogP contribution >= 0.6 is 11.8 Å². The molecular weight excluding hydrogens is 150 g/mol. The van der Waals surface area contributed by atoms with Gasteiger partial charge in [0.1, 0.15) is 0 Å². The molecule has 1 N–H and O–H groups in total. The number of nitrogens with one attached hydrogen (secondary N) is 1. The summed E-state index contributed by atoms with van der Waals surface area (Å²) in [7, 11) is 0. The van der Waals surface area contributed by atoms with E-state index in [9.17, 15) is 9.59 Å². The van der Waals surface area contributed by atoms with E-state index in [2.05, 4.69) is 11.9 Å². The Balaban J connectivity index is 0.000000371. The van der Waals surface area contributed by atoms with Crippen molar-refractivity contribution in [2.45, 2.75) is 13.8 Å². The number of carbonyl (C=O) groups is 2. The molecule has 1 saturated heterocycles. The molecule has 1 rings (SSSR count). The zero-order valence-electron chi connectivity index (χ0n) is 5.93. The van der Waals surface area contributed by atoms with Crippen molar-refractivity contribution in [2.24, 2.45) is 0 Å². The molecular formula is C6H9NO2S. The standard InChI is InChI=1S/C4H3NO2S.C2H6/c1-2-3(6)5-4(7)8-2;1-2/h1H2,(H,5,6,7);1-2H3. The number of carbonyl (C=O) groups excluding carboxylic acids is 2. The Kier molecular flexibility index (Phi) is 3.79. The monoisotopic (exact) mass is 159 g/mol. The van der Waals surface area contributed by atoms with E-state index < -0.39 is 0 Å².